The standard InChI is InChI=1S/C8H7.Ce.2ClH/c1-2-8-6-4-3-5-7-8;;;/h1-7H;;2*1H. The summed E-state index contributed by atoms with van der Waals surface area (Å²) in [4.78, 5) is 0. The van der Waals surface area contributed by atoms with Gasteiger partial charge in [-0.15, -0.1) is 24.8 Å². The van der Waals surface area contributed by atoms with Crippen molar-refractivity contribution in [2.75, 3.05) is 0 Å². The molecule has 0 fully saturated rings. The molecular weight excluding hydrogens is 307 g/mol. The minimum atomic E-state index is 0. The number of benzene rings is 1. The molecule has 0 heterocycles. The fourth-order valence-corrected chi connectivity index (χ4v) is 1.26. The topological polar surface area (TPSA) is 0 Å². The maximum absolute atomic E-state index is 2.18. The van der Waals surface area contributed by atoms with Gasteiger partial charge in [0.05, 0.1) is 0 Å². The molecule has 0 saturated carbocycles. The molecule has 0 aliphatic carbocycles. The second-order valence-corrected chi connectivity index (χ2v) is 2.79. The summed E-state index contributed by atoms with van der Waals surface area (Å²) >= 11 is 1.14. The van der Waals surface area contributed by atoms with E-state index in [-0.39, 0.29) is 24.8 Å². The van der Waals surface area contributed by atoms with Crippen LogP contribution in [-0.2, 0) is 0 Å². The van der Waals surface area contributed by atoms with Gasteiger partial charge in [0.2, 0.25) is 0 Å². The van der Waals surface area contributed by atoms with Gasteiger partial charge in [-0.25, -0.2) is 0 Å². The van der Waals surface area contributed by atoms with Crippen LogP contribution in [0.25, 0.3) is 6.08 Å². The second kappa shape index (κ2) is 9.01. The van der Waals surface area contributed by atoms with Gasteiger partial charge in [0.1, 0.15) is 0 Å². The van der Waals surface area contributed by atoms with Crippen molar-refractivity contribution in [3.63, 3.8) is 0 Å². The summed E-state index contributed by atoms with van der Waals surface area (Å²) in [6, 6.07) is 10.3. The predicted octanol–water partition coefficient (Wildman–Crippen LogP) is 3.05. The average Bonchev–Trinajstić information content (AvgIpc) is 1.91. The summed E-state index contributed by atoms with van der Waals surface area (Å²) in [6.45, 7) is 0. The first-order valence-corrected chi connectivity index (χ1v) is 4.63. The molecule has 0 atom stereocenters. The second-order valence-electron chi connectivity index (χ2n) is 1.74. The number of hydrogen-bond acceptors (Lipinski definition) is 0. The number of hydrogen-bond donors (Lipinski definition) is 0. The Bertz CT molecular complexity index is 197. The number of rotatable bonds is 1. The fourth-order valence-electron chi connectivity index (χ4n) is 0.660. The van der Waals surface area contributed by atoms with E-state index in [0.29, 0.717) is 0 Å². The van der Waals surface area contributed by atoms with Crippen LogP contribution in [0.2, 0.25) is 0 Å². The Hall–Kier alpha value is 0.917. The Morgan fingerprint density at radius 3 is 2.00 bits per heavy atom. The molecule has 3 heteroatoms. The molecule has 0 radical (unpaired) electrons. The molecule has 0 aliphatic heterocycles. The maximum atomic E-state index is 2.18. The number of halogens is 2. The molecule has 0 amide bonds. The van der Waals surface area contributed by atoms with Crippen molar-refractivity contribution in [3.05, 3.63) is 37.5 Å². The van der Waals surface area contributed by atoms with E-state index < -0.39 is 0 Å². The molecule has 0 unspecified atom stereocenters. The van der Waals surface area contributed by atoms with Crippen LogP contribution >= 0.6 is 24.8 Å². The Morgan fingerprint density at radius 1 is 1.00 bits per heavy atom. The van der Waals surface area contributed by atoms with Gasteiger partial charge in [0.25, 0.3) is 0 Å². The zero-order chi connectivity index (χ0) is 6.53. The van der Waals surface area contributed by atoms with Gasteiger partial charge in [0, 0.05) is 0 Å². The summed E-state index contributed by atoms with van der Waals surface area (Å²) in [5.74, 6) is 0. The summed E-state index contributed by atoms with van der Waals surface area (Å²) in [7, 11) is 0. The fraction of sp³-hybridized carbons (Fsp3) is 0. The molecule has 0 spiro atoms. The first-order valence-electron chi connectivity index (χ1n) is 2.82. The van der Waals surface area contributed by atoms with E-state index in [2.05, 4.69) is 31.9 Å². The van der Waals surface area contributed by atoms with Crippen LogP contribution in [0.4, 0.5) is 0 Å². The molecule has 0 nitrogen and oxygen atoms in total. The quantitative estimate of drug-likeness (QED) is 0.747. The average molecular weight is 316 g/mol. The summed E-state index contributed by atoms with van der Waals surface area (Å²) < 4.78 is 2.18. The van der Waals surface area contributed by atoms with E-state index in [9.17, 15) is 0 Å². The first-order chi connectivity index (χ1) is 4.43. The Kier molecular flexibility index (Phi) is 11.8. The van der Waals surface area contributed by atoms with E-state index >= 15 is 0 Å². The van der Waals surface area contributed by atoms with Crippen molar-refractivity contribution in [3.8, 4) is 0 Å². The Labute approximate surface area is 107 Å². The molecule has 0 saturated heterocycles. The Balaban J connectivity index is 0. The zero-order valence-electron chi connectivity index (χ0n) is 5.86. The monoisotopic (exact) mass is 315 g/mol. The summed E-state index contributed by atoms with van der Waals surface area (Å²) in [6.07, 6.45) is 2.15. The molecule has 1 aromatic carbocycles. The van der Waals surface area contributed by atoms with E-state index in [1.807, 2.05) is 6.07 Å². The molecule has 59 valence electrons. The molecular formula is C8H9CeCl2. The van der Waals surface area contributed by atoms with E-state index in [4.69, 9.17) is 0 Å². The minimum absolute atomic E-state index is 0. The molecule has 0 N–H and O–H groups in total. The van der Waals surface area contributed by atoms with Crippen molar-refractivity contribution in [1.29, 1.82) is 0 Å². The van der Waals surface area contributed by atoms with Crippen LogP contribution in [0.3, 0.4) is 0 Å². The van der Waals surface area contributed by atoms with E-state index in [1.165, 1.54) is 5.56 Å². The van der Waals surface area contributed by atoms with Crippen LogP contribution < -0.4 is 0 Å². The van der Waals surface area contributed by atoms with Crippen molar-refractivity contribution in [1.82, 2.24) is 0 Å². The van der Waals surface area contributed by atoms with Crippen LogP contribution in [0, 0.1) is 39.6 Å². The Morgan fingerprint density at radius 2 is 1.55 bits per heavy atom. The van der Waals surface area contributed by atoms with Crippen LogP contribution in [0.1, 0.15) is 5.56 Å². The van der Waals surface area contributed by atoms with Gasteiger partial charge in [0.15, 0.2) is 0 Å². The van der Waals surface area contributed by atoms with Crippen LogP contribution in [-0.4, -0.2) is 0 Å². The van der Waals surface area contributed by atoms with Crippen molar-refractivity contribution < 1.29 is 39.6 Å². The van der Waals surface area contributed by atoms with E-state index in [0.717, 1.165) is 39.6 Å². The third-order valence-electron chi connectivity index (χ3n) is 1.08. The van der Waals surface area contributed by atoms with Crippen LogP contribution in [0.15, 0.2) is 31.9 Å². The third kappa shape index (κ3) is 6.11. The first kappa shape index (κ1) is 14.4. The third-order valence-corrected chi connectivity index (χ3v) is 1.60. The van der Waals surface area contributed by atoms with Gasteiger partial charge in [-0.05, 0) is 0 Å². The van der Waals surface area contributed by atoms with Crippen LogP contribution in [0.5, 0.6) is 0 Å². The molecule has 1 aromatic rings. The molecule has 1 rings (SSSR count). The van der Waals surface area contributed by atoms with Gasteiger partial charge in [-0.1, -0.05) is 0 Å². The van der Waals surface area contributed by atoms with Gasteiger partial charge in [-0.3, -0.25) is 0 Å². The van der Waals surface area contributed by atoms with Gasteiger partial charge < -0.3 is 0 Å². The van der Waals surface area contributed by atoms with Gasteiger partial charge >= 0.3 is 83.2 Å². The van der Waals surface area contributed by atoms with Crippen molar-refractivity contribution in [2.24, 2.45) is 0 Å². The van der Waals surface area contributed by atoms with Crippen molar-refractivity contribution >= 4 is 30.9 Å². The van der Waals surface area contributed by atoms with Crippen molar-refractivity contribution in [2.45, 2.75) is 0 Å². The SMILES string of the molecule is Cl.Cl.[Ce][CH]=Cc1ccccc1. The summed E-state index contributed by atoms with van der Waals surface area (Å²) in [5, 5.41) is 0. The molecule has 0 bridgehead atoms. The summed E-state index contributed by atoms with van der Waals surface area (Å²) in [5.41, 5.74) is 1.30. The molecule has 0 aromatic heterocycles. The van der Waals surface area contributed by atoms with E-state index in [1.54, 1.807) is 0 Å². The molecule has 0 aliphatic rings. The zero-order valence-corrected chi connectivity index (χ0v) is 10.6. The van der Waals surface area contributed by atoms with Gasteiger partial charge in [-0.2, -0.15) is 0 Å². The predicted molar refractivity (Wildman–Crippen MR) is 50.0 cm³/mol. The normalized spacial score (nSPS) is 8.27. The molecule has 11 heavy (non-hydrogen) atoms.